The highest BCUT2D eigenvalue weighted by atomic mass is 32.2. The molecule has 2 fully saturated rings. The van der Waals surface area contributed by atoms with E-state index in [1.807, 2.05) is 0 Å². The van der Waals surface area contributed by atoms with Gasteiger partial charge in [0.25, 0.3) is 15.7 Å². The number of carbonyl (C=O) groups is 3. The molecule has 266 valence electrons. The number of aromatic nitrogens is 1. The summed E-state index contributed by atoms with van der Waals surface area (Å²) in [7, 11) is -4.36. The lowest BCUT2D eigenvalue weighted by Crippen LogP contribution is -2.48. The SMILES string of the molecule is COc1cc(F)c(-c2ccc(/C=C/C(=O)OC(C)(C)C)nc2)cc1C(=O)N[C@@H]1[C@H]2CC[C@H](C2)[C@@H]1C(=O)Nc1cccc(S(=O)(=O)C(F)(F)F)c1. The van der Waals surface area contributed by atoms with Gasteiger partial charge in [0, 0.05) is 41.2 Å². The average molecular weight is 718 g/mol. The normalized spacial score (nSPS) is 20.5. The summed E-state index contributed by atoms with van der Waals surface area (Å²) in [5.41, 5.74) is -5.55. The number of methoxy groups -OCH3 is 1. The molecule has 2 bridgehead atoms. The first kappa shape index (κ1) is 36.5. The van der Waals surface area contributed by atoms with Gasteiger partial charge in [-0.05, 0) is 88.3 Å². The van der Waals surface area contributed by atoms with Crippen molar-refractivity contribution in [3.63, 3.8) is 0 Å². The number of alkyl halides is 3. The zero-order valence-electron chi connectivity index (χ0n) is 27.5. The molecule has 15 heteroatoms. The fourth-order valence-corrected chi connectivity index (χ4v) is 7.29. The Labute approximate surface area is 286 Å². The van der Waals surface area contributed by atoms with E-state index in [0.717, 1.165) is 30.7 Å². The summed E-state index contributed by atoms with van der Waals surface area (Å²) >= 11 is 0. The molecule has 2 aliphatic carbocycles. The molecule has 10 nitrogen and oxygen atoms in total. The van der Waals surface area contributed by atoms with Gasteiger partial charge in [0.15, 0.2) is 0 Å². The summed E-state index contributed by atoms with van der Waals surface area (Å²) in [6.45, 7) is 5.21. The van der Waals surface area contributed by atoms with Crippen molar-refractivity contribution in [2.75, 3.05) is 12.4 Å². The molecule has 0 aliphatic heterocycles. The van der Waals surface area contributed by atoms with E-state index in [0.29, 0.717) is 24.1 Å². The van der Waals surface area contributed by atoms with Crippen LogP contribution in [0.1, 0.15) is 56.1 Å². The van der Waals surface area contributed by atoms with Gasteiger partial charge in [0.05, 0.1) is 29.2 Å². The Balaban J connectivity index is 1.35. The van der Waals surface area contributed by atoms with Gasteiger partial charge in [-0.2, -0.15) is 13.2 Å². The van der Waals surface area contributed by atoms with Gasteiger partial charge in [0.2, 0.25) is 5.91 Å². The molecule has 0 saturated heterocycles. The van der Waals surface area contributed by atoms with Gasteiger partial charge in [-0.3, -0.25) is 14.6 Å². The second kappa shape index (κ2) is 13.8. The van der Waals surface area contributed by atoms with E-state index in [2.05, 4.69) is 15.6 Å². The number of pyridine rings is 1. The summed E-state index contributed by atoms with van der Waals surface area (Å²) < 4.78 is 89.0. The maximum Gasteiger partial charge on any atom is 0.501 e. The molecular formula is C35H35F4N3O7S. The fraction of sp³-hybridized carbons (Fsp3) is 0.371. The minimum absolute atomic E-state index is 0.00946. The predicted molar refractivity (Wildman–Crippen MR) is 175 cm³/mol. The van der Waals surface area contributed by atoms with E-state index >= 15 is 4.39 Å². The van der Waals surface area contributed by atoms with Gasteiger partial charge in [-0.1, -0.05) is 12.1 Å². The number of hydrogen-bond donors (Lipinski definition) is 2. The number of carbonyl (C=O) groups excluding carboxylic acids is 3. The number of amides is 2. The molecule has 0 unspecified atom stereocenters. The van der Waals surface area contributed by atoms with Crippen molar-refractivity contribution in [3.8, 4) is 16.9 Å². The van der Waals surface area contributed by atoms with Crippen LogP contribution in [0.3, 0.4) is 0 Å². The lowest BCUT2D eigenvalue weighted by Gasteiger charge is -2.31. The Bertz CT molecular complexity index is 1940. The van der Waals surface area contributed by atoms with E-state index in [1.54, 1.807) is 32.9 Å². The van der Waals surface area contributed by atoms with Crippen molar-refractivity contribution in [2.24, 2.45) is 17.8 Å². The molecule has 2 amide bonds. The zero-order valence-corrected chi connectivity index (χ0v) is 28.3. The Morgan fingerprint density at radius 1 is 1.00 bits per heavy atom. The highest BCUT2D eigenvalue weighted by Crippen LogP contribution is 2.49. The zero-order chi connectivity index (χ0) is 36.6. The van der Waals surface area contributed by atoms with Gasteiger partial charge in [-0.25, -0.2) is 17.6 Å². The van der Waals surface area contributed by atoms with Crippen LogP contribution in [0.5, 0.6) is 5.75 Å². The van der Waals surface area contributed by atoms with Gasteiger partial charge in [-0.15, -0.1) is 0 Å². The number of rotatable bonds is 9. The van der Waals surface area contributed by atoms with Crippen LogP contribution >= 0.6 is 0 Å². The predicted octanol–water partition coefficient (Wildman–Crippen LogP) is 6.33. The highest BCUT2D eigenvalue weighted by molar-refractivity contribution is 7.92. The molecule has 2 saturated carbocycles. The largest absolute Gasteiger partial charge is 0.501 e. The second-order valence-electron chi connectivity index (χ2n) is 13.2. The van der Waals surface area contributed by atoms with E-state index in [1.165, 1.54) is 37.6 Å². The van der Waals surface area contributed by atoms with E-state index < -0.39 is 61.4 Å². The summed E-state index contributed by atoms with van der Waals surface area (Å²) in [5.74, 6) is -3.49. The van der Waals surface area contributed by atoms with Crippen molar-refractivity contribution in [1.82, 2.24) is 10.3 Å². The quantitative estimate of drug-likeness (QED) is 0.149. The van der Waals surface area contributed by atoms with Crippen LogP contribution < -0.4 is 15.4 Å². The maximum atomic E-state index is 15.3. The number of anilines is 1. The van der Waals surface area contributed by atoms with E-state index in [9.17, 15) is 36.0 Å². The molecule has 4 atom stereocenters. The number of benzene rings is 2. The molecule has 3 aromatic rings. The van der Waals surface area contributed by atoms with Crippen molar-refractivity contribution >= 4 is 39.4 Å². The number of esters is 1. The molecule has 1 heterocycles. The Hall–Kier alpha value is -4.79. The first-order chi connectivity index (χ1) is 23.4. The lowest BCUT2D eigenvalue weighted by molar-refractivity contribution is -0.148. The number of nitrogens with zero attached hydrogens (tertiary/aromatic N) is 1. The fourth-order valence-electron chi connectivity index (χ4n) is 6.48. The van der Waals surface area contributed by atoms with Gasteiger partial charge >= 0.3 is 11.5 Å². The third kappa shape index (κ3) is 7.82. The molecule has 1 aromatic heterocycles. The van der Waals surface area contributed by atoms with Crippen molar-refractivity contribution in [1.29, 1.82) is 0 Å². The average Bonchev–Trinajstić information content (AvgIpc) is 3.65. The summed E-state index contributed by atoms with van der Waals surface area (Å²) in [6, 6.07) is 8.74. The number of fused-ring (bicyclic) bond motifs is 2. The third-order valence-electron chi connectivity index (χ3n) is 8.66. The Morgan fingerprint density at radius 3 is 2.36 bits per heavy atom. The monoisotopic (exact) mass is 717 g/mol. The first-order valence-corrected chi connectivity index (χ1v) is 17.1. The van der Waals surface area contributed by atoms with Crippen molar-refractivity contribution in [2.45, 2.75) is 62.1 Å². The number of ether oxygens (including phenoxy) is 2. The van der Waals surface area contributed by atoms with Crippen LogP contribution in [0.2, 0.25) is 0 Å². The van der Waals surface area contributed by atoms with Crippen molar-refractivity contribution in [3.05, 3.63) is 77.9 Å². The molecule has 5 rings (SSSR count). The number of nitrogens with one attached hydrogen (secondary N) is 2. The van der Waals surface area contributed by atoms with Crippen molar-refractivity contribution < 1.29 is 49.8 Å². The number of sulfone groups is 1. The van der Waals surface area contributed by atoms with Crippen LogP contribution in [-0.4, -0.2) is 55.4 Å². The standard InChI is InChI=1S/C35H35F4N3O7S/c1-34(2,3)49-29(43)13-12-22-11-10-21(18-40-22)25-16-26(28(48-4)17-27(25)36)32(44)42-31-20-9-8-19(14-20)30(31)33(45)41-23-6-5-7-24(15-23)50(46,47)35(37,38)39/h5-7,10-13,15-20,30-31H,8-9,14H2,1-4H3,(H,41,45)(H,42,44)/b13-12+/t19-,20+,30+,31-/m1/s1. The highest BCUT2D eigenvalue weighted by Gasteiger charge is 2.52. The first-order valence-electron chi connectivity index (χ1n) is 15.7. The van der Waals surface area contributed by atoms with Gasteiger partial charge in [0.1, 0.15) is 17.2 Å². The van der Waals surface area contributed by atoms with E-state index in [4.69, 9.17) is 9.47 Å². The van der Waals surface area contributed by atoms with Crippen LogP contribution in [0.15, 0.2) is 65.7 Å². The van der Waals surface area contributed by atoms with Gasteiger partial charge < -0.3 is 20.1 Å². The molecule has 50 heavy (non-hydrogen) atoms. The third-order valence-corrected chi connectivity index (χ3v) is 10.1. The number of halogens is 4. The minimum Gasteiger partial charge on any atom is -0.496 e. The van der Waals surface area contributed by atoms with Crippen LogP contribution in [0, 0.1) is 23.6 Å². The lowest BCUT2D eigenvalue weighted by atomic mass is 9.83. The minimum atomic E-state index is -5.64. The number of hydrogen-bond acceptors (Lipinski definition) is 8. The molecule has 2 N–H and O–H groups in total. The topological polar surface area (TPSA) is 141 Å². The summed E-state index contributed by atoms with van der Waals surface area (Å²) in [5, 5.41) is 5.44. The van der Waals surface area contributed by atoms with Crippen LogP contribution in [-0.2, 0) is 24.2 Å². The molecule has 0 radical (unpaired) electrons. The smallest absolute Gasteiger partial charge is 0.496 e. The Kier molecular flexibility index (Phi) is 10.1. The summed E-state index contributed by atoms with van der Waals surface area (Å²) in [6.07, 6.45) is 6.10. The molecule has 2 aromatic carbocycles. The van der Waals surface area contributed by atoms with E-state index in [-0.39, 0.29) is 34.4 Å². The maximum absolute atomic E-state index is 15.3. The van der Waals surface area contributed by atoms with Crippen LogP contribution in [0.4, 0.5) is 23.2 Å². The molecule has 0 spiro atoms. The Morgan fingerprint density at radius 2 is 1.72 bits per heavy atom. The second-order valence-corrected chi connectivity index (χ2v) is 15.1. The summed E-state index contributed by atoms with van der Waals surface area (Å²) in [4.78, 5) is 42.5. The molecular weight excluding hydrogens is 682 g/mol. The van der Waals surface area contributed by atoms with Crippen LogP contribution in [0.25, 0.3) is 17.2 Å². The molecule has 2 aliphatic rings.